The summed E-state index contributed by atoms with van der Waals surface area (Å²) < 4.78 is 35.1. The maximum absolute atomic E-state index is 15.1. The number of rotatable bonds is 3. The van der Waals surface area contributed by atoms with Crippen LogP contribution in [0.4, 0.5) is 8.78 Å². The normalized spacial score (nSPS) is 18.1. The van der Waals surface area contributed by atoms with Gasteiger partial charge in [0, 0.05) is 25.2 Å². The Hall–Kier alpha value is -3.03. The standard InChI is InChI=1S/C20H19F2N3O4S/c1-4-25(3)19(28)13(26)6-5-10-7-11-14(8-12(10)21)29-9-20(2,22)16-15(11)24-18(30-16)17(23)27/h7-8,13,26H,4,9H2,1-3H3,(H2,23,27)/t13-,20?/m1/s1. The van der Waals surface area contributed by atoms with E-state index in [-0.39, 0.29) is 32.5 Å². The Labute approximate surface area is 175 Å². The molecule has 1 aliphatic heterocycles. The molecule has 2 heterocycles. The number of thiazole rings is 1. The number of hydrogen-bond acceptors (Lipinski definition) is 6. The van der Waals surface area contributed by atoms with Gasteiger partial charge in [-0.3, -0.25) is 9.59 Å². The average molecular weight is 435 g/mol. The monoisotopic (exact) mass is 435 g/mol. The predicted octanol–water partition coefficient (Wildman–Crippen LogP) is 1.82. The Kier molecular flexibility index (Phi) is 5.78. The van der Waals surface area contributed by atoms with Crippen LogP contribution in [0.2, 0.25) is 0 Å². The van der Waals surface area contributed by atoms with Crippen LogP contribution in [0.25, 0.3) is 11.3 Å². The van der Waals surface area contributed by atoms with Crippen LogP contribution in [-0.4, -0.2) is 53.1 Å². The minimum absolute atomic E-state index is 0.0318. The number of aromatic nitrogens is 1. The predicted molar refractivity (Wildman–Crippen MR) is 106 cm³/mol. The number of nitrogens with two attached hydrogens (primary N) is 1. The van der Waals surface area contributed by atoms with Gasteiger partial charge in [0.1, 0.15) is 18.2 Å². The first-order chi connectivity index (χ1) is 14.0. The van der Waals surface area contributed by atoms with Gasteiger partial charge in [0.05, 0.1) is 16.1 Å². The lowest BCUT2D eigenvalue weighted by Crippen LogP contribution is -2.35. The molecule has 2 amide bonds. The third-order valence-corrected chi connectivity index (χ3v) is 5.87. The van der Waals surface area contributed by atoms with Crippen molar-refractivity contribution in [3.8, 4) is 28.8 Å². The van der Waals surface area contributed by atoms with E-state index >= 15 is 4.39 Å². The molecule has 3 rings (SSSR count). The Morgan fingerprint density at radius 2 is 2.20 bits per heavy atom. The van der Waals surface area contributed by atoms with E-state index in [1.54, 1.807) is 6.92 Å². The van der Waals surface area contributed by atoms with Crippen LogP contribution in [0.5, 0.6) is 5.75 Å². The molecule has 0 fully saturated rings. The second kappa shape index (κ2) is 8.01. The fraction of sp³-hybridized carbons (Fsp3) is 0.350. The number of amides is 2. The summed E-state index contributed by atoms with van der Waals surface area (Å²) in [5.41, 5.74) is 3.49. The van der Waals surface area contributed by atoms with Crippen LogP contribution in [0.3, 0.4) is 0 Å². The van der Waals surface area contributed by atoms with Crippen molar-refractivity contribution in [1.82, 2.24) is 9.88 Å². The molecule has 0 bridgehead atoms. The number of carbonyl (C=O) groups is 2. The minimum atomic E-state index is -1.98. The van der Waals surface area contributed by atoms with Gasteiger partial charge in [0.2, 0.25) is 0 Å². The summed E-state index contributed by atoms with van der Waals surface area (Å²) in [6, 6.07) is 2.31. The van der Waals surface area contributed by atoms with Gasteiger partial charge in [-0.25, -0.2) is 13.8 Å². The van der Waals surface area contributed by atoms with Gasteiger partial charge in [-0.1, -0.05) is 11.8 Å². The van der Waals surface area contributed by atoms with Crippen LogP contribution >= 0.6 is 11.3 Å². The lowest BCUT2D eigenvalue weighted by Gasteiger charge is -2.16. The number of ether oxygens (including phenoxy) is 1. The van der Waals surface area contributed by atoms with Gasteiger partial charge in [0.15, 0.2) is 16.8 Å². The third-order valence-electron chi connectivity index (χ3n) is 4.56. The molecule has 0 radical (unpaired) electrons. The Morgan fingerprint density at radius 1 is 1.50 bits per heavy atom. The van der Waals surface area contributed by atoms with E-state index in [0.717, 1.165) is 17.4 Å². The number of hydrogen-bond donors (Lipinski definition) is 2. The van der Waals surface area contributed by atoms with Crippen LogP contribution in [0, 0.1) is 17.7 Å². The lowest BCUT2D eigenvalue weighted by atomic mass is 10.0. The third kappa shape index (κ3) is 3.99. The topological polar surface area (TPSA) is 106 Å². The highest BCUT2D eigenvalue weighted by atomic mass is 32.1. The highest BCUT2D eigenvalue weighted by Gasteiger charge is 2.38. The fourth-order valence-corrected chi connectivity index (χ4v) is 3.72. The van der Waals surface area contributed by atoms with E-state index in [0.29, 0.717) is 6.54 Å². The van der Waals surface area contributed by atoms with Gasteiger partial charge in [-0.05, 0) is 19.9 Å². The van der Waals surface area contributed by atoms with Crippen LogP contribution in [-0.2, 0) is 10.5 Å². The molecule has 1 aromatic heterocycles. The summed E-state index contributed by atoms with van der Waals surface area (Å²) in [7, 11) is 1.50. The van der Waals surface area contributed by atoms with E-state index in [9.17, 15) is 19.1 Å². The van der Waals surface area contributed by atoms with Crippen molar-refractivity contribution < 1.29 is 28.2 Å². The van der Waals surface area contributed by atoms with Gasteiger partial charge < -0.3 is 20.5 Å². The Bertz CT molecular complexity index is 1090. The number of carbonyl (C=O) groups excluding carboxylic acids is 2. The van der Waals surface area contributed by atoms with Gasteiger partial charge >= 0.3 is 0 Å². The van der Waals surface area contributed by atoms with Crippen molar-refractivity contribution >= 4 is 23.2 Å². The summed E-state index contributed by atoms with van der Waals surface area (Å²) >= 11 is 0.805. The van der Waals surface area contributed by atoms with Crippen LogP contribution < -0.4 is 10.5 Å². The summed E-state index contributed by atoms with van der Waals surface area (Å²) in [6.07, 6.45) is -1.63. The largest absolute Gasteiger partial charge is 0.489 e. The molecule has 3 N–H and O–H groups in total. The molecule has 1 aromatic carbocycles. The van der Waals surface area contributed by atoms with Crippen LogP contribution in [0.15, 0.2) is 12.1 Å². The number of halogens is 2. The summed E-state index contributed by atoms with van der Waals surface area (Å²) in [6.45, 7) is 2.96. The zero-order chi connectivity index (χ0) is 22.2. The average Bonchev–Trinajstić information content (AvgIpc) is 3.13. The molecule has 158 valence electrons. The van der Waals surface area contributed by atoms with Gasteiger partial charge in [0.25, 0.3) is 11.8 Å². The minimum Gasteiger partial charge on any atom is -0.489 e. The number of aliphatic hydroxyl groups is 1. The van der Waals surface area contributed by atoms with Crippen LogP contribution in [0.1, 0.15) is 34.1 Å². The molecule has 10 heteroatoms. The number of aliphatic hydroxyl groups excluding tert-OH is 1. The molecule has 0 saturated carbocycles. The first kappa shape index (κ1) is 21.7. The molecule has 30 heavy (non-hydrogen) atoms. The molecule has 0 spiro atoms. The number of likely N-dealkylation sites (N-methyl/N-ethyl adjacent to an activating group) is 1. The molecule has 1 unspecified atom stereocenters. The summed E-state index contributed by atoms with van der Waals surface area (Å²) in [4.78, 5) is 29.0. The van der Waals surface area contributed by atoms with E-state index in [1.165, 1.54) is 24.9 Å². The SMILES string of the molecule is CCN(C)C(=O)[C@H](O)C#Cc1cc2c(cc1F)OCC(C)(F)c1sc(C(N)=O)nc1-2. The molecule has 0 aliphatic carbocycles. The number of nitrogens with zero attached hydrogens (tertiary/aromatic N) is 2. The molecule has 0 saturated heterocycles. The molecular formula is C20H19F2N3O4S. The zero-order valence-corrected chi connectivity index (χ0v) is 17.3. The van der Waals surface area contributed by atoms with Crippen molar-refractivity contribution in [3.63, 3.8) is 0 Å². The first-order valence-electron chi connectivity index (χ1n) is 8.96. The zero-order valence-electron chi connectivity index (χ0n) is 16.5. The molecule has 2 aromatic rings. The lowest BCUT2D eigenvalue weighted by molar-refractivity contribution is -0.135. The molecule has 1 aliphatic rings. The quantitative estimate of drug-likeness (QED) is 0.716. The van der Waals surface area contributed by atoms with Crippen molar-refractivity contribution in [2.75, 3.05) is 20.2 Å². The second-order valence-corrected chi connectivity index (χ2v) is 7.90. The summed E-state index contributed by atoms with van der Waals surface area (Å²) in [5, 5.41) is 9.84. The van der Waals surface area contributed by atoms with Crippen molar-refractivity contribution in [3.05, 3.63) is 33.4 Å². The number of primary amides is 1. The Morgan fingerprint density at radius 3 is 2.83 bits per heavy atom. The molecule has 7 nitrogen and oxygen atoms in total. The van der Waals surface area contributed by atoms with Gasteiger partial charge in [-0.15, -0.1) is 11.3 Å². The van der Waals surface area contributed by atoms with Crippen molar-refractivity contribution in [1.29, 1.82) is 0 Å². The van der Waals surface area contributed by atoms with E-state index < -0.39 is 36.0 Å². The van der Waals surface area contributed by atoms with E-state index in [2.05, 4.69) is 16.8 Å². The van der Waals surface area contributed by atoms with E-state index in [1.807, 2.05) is 0 Å². The Balaban J connectivity index is 2.09. The number of fused-ring (bicyclic) bond motifs is 3. The highest BCUT2D eigenvalue weighted by Crippen LogP contribution is 2.45. The second-order valence-electron chi connectivity index (χ2n) is 6.90. The molecule has 2 atom stereocenters. The number of benzene rings is 1. The smallest absolute Gasteiger partial charge is 0.277 e. The molecular weight excluding hydrogens is 416 g/mol. The summed E-state index contributed by atoms with van der Waals surface area (Å²) in [5.74, 6) is 2.57. The van der Waals surface area contributed by atoms with Crippen molar-refractivity contribution in [2.24, 2.45) is 5.73 Å². The highest BCUT2D eigenvalue weighted by molar-refractivity contribution is 7.14. The van der Waals surface area contributed by atoms with Crippen molar-refractivity contribution in [2.45, 2.75) is 25.6 Å². The fourth-order valence-electron chi connectivity index (χ4n) is 2.77. The first-order valence-corrected chi connectivity index (χ1v) is 9.78. The van der Waals surface area contributed by atoms with Gasteiger partial charge in [-0.2, -0.15) is 0 Å². The maximum Gasteiger partial charge on any atom is 0.277 e. The maximum atomic E-state index is 15.1. The van der Waals surface area contributed by atoms with E-state index in [4.69, 9.17) is 10.5 Å². The number of alkyl halides is 1.